The van der Waals surface area contributed by atoms with Gasteiger partial charge in [-0.3, -0.25) is 9.59 Å². The van der Waals surface area contributed by atoms with E-state index in [-0.39, 0.29) is 17.4 Å². The van der Waals surface area contributed by atoms with Gasteiger partial charge >= 0.3 is 5.51 Å². The van der Waals surface area contributed by atoms with Crippen LogP contribution in [0.4, 0.5) is 24.5 Å². The van der Waals surface area contributed by atoms with E-state index in [9.17, 15) is 22.8 Å². The van der Waals surface area contributed by atoms with Gasteiger partial charge in [-0.25, -0.2) is 4.98 Å². The lowest BCUT2D eigenvalue weighted by molar-refractivity contribution is -0.118. The first-order valence-corrected chi connectivity index (χ1v) is 8.40. The van der Waals surface area contributed by atoms with Gasteiger partial charge in [-0.15, -0.1) is 0 Å². The van der Waals surface area contributed by atoms with Gasteiger partial charge in [-0.2, -0.15) is 13.2 Å². The van der Waals surface area contributed by atoms with Crippen LogP contribution in [-0.4, -0.2) is 22.3 Å². The average Bonchev–Trinajstić information content (AvgIpc) is 2.54. The first kappa shape index (κ1) is 19.8. The van der Waals surface area contributed by atoms with E-state index in [0.717, 1.165) is 0 Å². The van der Waals surface area contributed by atoms with Gasteiger partial charge in [-0.1, -0.05) is 19.9 Å². The first-order chi connectivity index (χ1) is 12.2. The molecule has 2 N–H and O–H groups in total. The molecule has 0 bridgehead atoms. The van der Waals surface area contributed by atoms with E-state index < -0.39 is 28.2 Å². The summed E-state index contributed by atoms with van der Waals surface area (Å²) in [6.45, 7) is 3.48. The van der Waals surface area contributed by atoms with Crippen LogP contribution in [0.25, 0.3) is 0 Å². The minimum atomic E-state index is -4.55. The second kappa shape index (κ2) is 8.22. The molecule has 9 heteroatoms. The number of hydrogen-bond donors (Lipinski definition) is 2. The van der Waals surface area contributed by atoms with Crippen LogP contribution in [0.15, 0.2) is 47.6 Å². The SMILES string of the molecule is CC(C)C(=O)Nc1cccc(NC(=O)c2cccnc2SC(F)(F)F)c1. The number of amides is 2. The van der Waals surface area contributed by atoms with E-state index in [1.165, 1.54) is 24.4 Å². The number of aromatic nitrogens is 1. The van der Waals surface area contributed by atoms with E-state index in [4.69, 9.17) is 0 Å². The van der Waals surface area contributed by atoms with E-state index in [1.54, 1.807) is 32.0 Å². The maximum Gasteiger partial charge on any atom is 0.447 e. The molecule has 1 aromatic carbocycles. The molecule has 2 aromatic rings. The third-order valence-electron chi connectivity index (χ3n) is 3.14. The number of benzene rings is 1. The minimum Gasteiger partial charge on any atom is -0.326 e. The van der Waals surface area contributed by atoms with Gasteiger partial charge in [0.1, 0.15) is 5.03 Å². The number of alkyl halides is 3. The molecular weight excluding hydrogens is 367 g/mol. The molecule has 5 nitrogen and oxygen atoms in total. The summed E-state index contributed by atoms with van der Waals surface area (Å²) < 4.78 is 37.8. The highest BCUT2D eigenvalue weighted by Crippen LogP contribution is 2.37. The summed E-state index contributed by atoms with van der Waals surface area (Å²) in [6, 6.07) is 8.99. The van der Waals surface area contributed by atoms with E-state index >= 15 is 0 Å². The number of nitrogens with one attached hydrogen (secondary N) is 2. The Morgan fingerprint density at radius 3 is 2.35 bits per heavy atom. The molecule has 0 spiro atoms. The molecule has 0 saturated carbocycles. The highest BCUT2D eigenvalue weighted by Gasteiger charge is 2.32. The van der Waals surface area contributed by atoms with Crippen molar-refractivity contribution >= 4 is 35.0 Å². The molecule has 2 rings (SSSR count). The number of pyridine rings is 1. The minimum absolute atomic E-state index is 0.188. The molecule has 26 heavy (non-hydrogen) atoms. The van der Waals surface area contributed by atoms with Crippen LogP contribution in [0.2, 0.25) is 0 Å². The number of carbonyl (C=O) groups is 2. The number of rotatable bonds is 5. The summed E-state index contributed by atoms with van der Waals surface area (Å²) >= 11 is -0.448. The zero-order valence-corrected chi connectivity index (χ0v) is 14.7. The monoisotopic (exact) mass is 383 g/mol. The Kier molecular flexibility index (Phi) is 6.25. The van der Waals surface area contributed by atoms with E-state index in [1.807, 2.05) is 0 Å². The molecule has 0 fully saturated rings. The van der Waals surface area contributed by atoms with Crippen molar-refractivity contribution in [3.8, 4) is 0 Å². The molecule has 0 aliphatic carbocycles. The summed E-state index contributed by atoms with van der Waals surface area (Å²) in [6.07, 6.45) is 1.19. The molecule has 1 heterocycles. The molecule has 0 unspecified atom stereocenters. The van der Waals surface area contributed by atoms with Crippen molar-refractivity contribution in [1.29, 1.82) is 0 Å². The van der Waals surface area contributed by atoms with Crippen LogP contribution < -0.4 is 10.6 Å². The number of anilines is 2. The van der Waals surface area contributed by atoms with Gasteiger partial charge in [0.2, 0.25) is 5.91 Å². The van der Waals surface area contributed by atoms with Crippen LogP contribution in [-0.2, 0) is 4.79 Å². The Morgan fingerprint density at radius 1 is 1.08 bits per heavy atom. The zero-order chi connectivity index (χ0) is 19.3. The molecule has 1 aromatic heterocycles. The topological polar surface area (TPSA) is 71.1 Å². The predicted molar refractivity (Wildman–Crippen MR) is 94.0 cm³/mol. The van der Waals surface area contributed by atoms with Crippen molar-refractivity contribution in [2.45, 2.75) is 24.4 Å². The smallest absolute Gasteiger partial charge is 0.326 e. The maximum atomic E-state index is 12.6. The van der Waals surface area contributed by atoms with Crippen LogP contribution in [0.1, 0.15) is 24.2 Å². The van der Waals surface area contributed by atoms with Crippen LogP contribution in [0.3, 0.4) is 0 Å². The number of thioether (sulfide) groups is 1. The van der Waals surface area contributed by atoms with Crippen molar-refractivity contribution in [1.82, 2.24) is 4.98 Å². The van der Waals surface area contributed by atoms with Gasteiger partial charge in [-0.05, 0) is 30.3 Å². The van der Waals surface area contributed by atoms with Crippen LogP contribution >= 0.6 is 11.8 Å². The molecular formula is C17H16F3N3O2S. The van der Waals surface area contributed by atoms with Crippen LogP contribution in [0, 0.1) is 5.92 Å². The number of nitrogens with zero attached hydrogens (tertiary/aromatic N) is 1. The molecule has 0 radical (unpaired) electrons. The standard InChI is InChI=1S/C17H16F3N3O2S/c1-10(2)14(24)22-11-5-3-6-12(9-11)23-15(25)13-7-4-8-21-16(13)26-17(18,19)20/h3-10H,1-2H3,(H,22,24)(H,23,25). The zero-order valence-electron chi connectivity index (χ0n) is 13.9. The van der Waals surface area contributed by atoms with Crippen molar-refractivity contribution < 1.29 is 22.8 Å². The number of hydrogen-bond acceptors (Lipinski definition) is 4. The van der Waals surface area contributed by atoms with Gasteiger partial charge in [0, 0.05) is 35.3 Å². The van der Waals surface area contributed by atoms with Crippen molar-refractivity contribution in [2.24, 2.45) is 5.92 Å². The Morgan fingerprint density at radius 2 is 1.73 bits per heavy atom. The molecule has 0 aliphatic heterocycles. The lowest BCUT2D eigenvalue weighted by atomic mass is 10.2. The van der Waals surface area contributed by atoms with Crippen molar-refractivity contribution in [3.05, 3.63) is 48.2 Å². The molecule has 0 aliphatic rings. The highest BCUT2D eigenvalue weighted by atomic mass is 32.2. The van der Waals surface area contributed by atoms with E-state index in [2.05, 4.69) is 15.6 Å². The summed E-state index contributed by atoms with van der Waals surface area (Å²) in [4.78, 5) is 27.7. The fourth-order valence-corrected chi connectivity index (χ4v) is 2.52. The largest absolute Gasteiger partial charge is 0.447 e. The normalized spacial score (nSPS) is 11.3. The number of carbonyl (C=O) groups excluding carboxylic acids is 2. The average molecular weight is 383 g/mol. The Hall–Kier alpha value is -2.55. The molecule has 2 amide bonds. The fraction of sp³-hybridized carbons (Fsp3) is 0.235. The summed E-state index contributed by atoms with van der Waals surface area (Å²) in [7, 11) is 0. The summed E-state index contributed by atoms with van der Waals surface area (Å²) in [5.74, 6) is -1.13. The number of halogens is 3. The van der Waals surface area contributed by atoms with Gasteiger partial charge < -0.3 is 10.6 Å². The lowest BCUT2D eigenvalue weighted by Crippen LogP contribution is -2.18. The van der Waals surface area contributed by atoms with Crippen molar-refractivity contribution in [2.75, 3.05) is 10.6 Å². The maximum absolute atomic E-state index is 12.6. The van der Waals surface area contributed by atoms with E-state index in [0.29, 0.717) is 11.4 Å². The van der Waals surface area contributed by atoms with Gasteiger partial charge in [0.05, 0.1) is 5.56 Å². The summed E-state index contributed by atoms with van der Waals surface area (Å²) in [5, 5.41) is 4.77. The third-order valence-corrected chi connectivity index (χ3v) is 3.89. The Bertz CT molecular complexity index is 810. The van der Waals surface area contributed by atoms with Crippen molar-refractivity contribution in [3.63, 3.8) is 0 Å². The third kappa shape index (κ3) is 5.76. The lowest BCUT2D eigenvalue weighted by Gasteiger charge is -2.12. The second-order valence-electron chi connectivity index (χ2n) is 5.58. The fourth-order valence-electron chi connectivity index (χ4n) is 1.91. The quantitative estimate of drug-likeness (QED) is 0.744. The highest BCUT2D eigenvalue weighted by molar-refractivity contribution is 8.00. The van der Waals surface area contributed by atoms with Crippen LogP contribution in [0.5, 0.6) is 0 Å². The second-order valence-corrected chi connectivity index (χ2v) is 6.64. The predicted octanol–water partition coefficient (Wildman–Crippen LogP) is 4.54. The first-order valence-electron chi connectivity index (χ1n) is 7.59. The summed E-state index contributed by atoms with van der Waals surface area (Å²) in [5.41, 5.74) is -3.93. The molecule has 138 valence electrons. The van der Waals surface area contributed by atoms with Gasteiger partial charge in [0.15, 0.2) is 0 Å². The van der Waals surface area contributed by atoms with Gasteiger partial charge in [0.25, 0.3) is 5.91 Å². The molecule has 0 saturated heterocycles. The molecule has 0 atom stereocenters. The Labute approximate surface area is 152 Å². The Balaban J connectivity index is 2.17.